The molecule has 1 aliphatic rings. The largest absolute Gasteiger partial charge is 0.464 e. The van der Waals surface area contributed by atoms with E-state index in [2.05, 4.69) is 68.9 Å². The normalized spacial score (nSPS) is 17.5. The molecule has 2 amide bonds. The summed E-state index contributed by atoms with van der Waals surface area (Å²) in [5.74, 6) is -0.679. The topological polar surface area (TPSA) is 91.8 Å². The number of rotatable bonds is 13. The maximum absolute atomic E-state index is 13.9. The second-order valence-electron chi connectivity index (χ2n) is 11.3. The monoisotopic (exact) mass is 560 g/mol. The molecule has 0 bridgehead atoms. The number of carbonyl (C=O) groups is 3. The number of allylic oxidation sites excluding steroid dienone is 2. The summed E-state index contributed by atoms with van der Waals surface area (Å²) < 4.78 is 4.80. The molecule has 1 aromatic heterocycles. The summed E-state index contributed by atoms with van der Waals surface area (Å²) in [6.45, 7) is 18.3. The minimum absolute atomic E-state index is 0.0915. The fraction of sp³-hybridized carbons (Fsp3) is 0.667. The van der Waals surface area contributed by atoms with Crippen LogP contribution in [0, 0.1) is 11.8 Å². The van der Waals surface area contributed by atoms with Gasteiger partial charge in [-0.25, -0.2) is 9.78 Å². The van der Waals surface area contributed by atoms with Crippen molar-refractivity contribution in [2.45, 2.75) is 92.8 Å². The Morgan fingerprint density at radius 3 is 2.28 bits per heavy atom. The lowest BCUT2D eigenvalue weighted by Gasteiger charge is -2.36. The lowest BCUT2D eigenvalue weighted by Crippen LogP contribution is -2.57. The molecule has 39 heavy (non-hydrogen) atoms. The number of esters is 1. The highest BCUT2D eigenvalue weighted by atomic mass is 32.1. The van der Waals surface area contributed by atoms with Gasteiger partial charge in [-0.3, -0.25) is 14.5 Å². The number of amides is 2. The summed E-state index contributed by atoms with van der Waals surface area (Å²) in [6.07, 6.45) is 6.76. The fourth-order valence-electron chi connectivity index (χ4n) is 4.77. The Hall–Kier alpha value is -2.52. The van der Waals surface area contributed by atoms with Crippen LogP contribution < -0.4 is 5.32 Å². The molecular formula is C30H48N4O4S. The highest BCUT2D eigenvalue weighted by Gasteiger charge is 2.39. The first-order valence-electron chi connectivity index (χ1n) is 14.1. The van der Waals surface area contributed by atoms with Gasteiger partial charge in [0.1, 0.15) is 11.0 Å². The number of likely N-dealkylation sites (tertiary alicyclic amines) is 1. The van der Waals surface area contributed by atoms with Crippen LogP contribution in [0.5, 0.6) is 0 Å². The zero-order valence-corrected chi connectivity index (χ0v) is 26.1. The van der Waals surface area contributed by atoms with Gasteiger partial charge in [0.15, 0.2) is 5.69 Å². The van der Waals surface area contributed by atoms with E-state index >= 15 is 0 Å². The van der Waals surface area contributed by atoms with Gasteiger partial charge in [0.25, 0.3) is 0 Å². The fourth-order valence-corrected chi connectivity index (χ4v) is 5.70. The van der Waals surface area contributed by atoms with Crippen molar-refractivity contribution in [1.29, 1.82) is 0 Å². The number of hydrogen-bond donors (Lipinski definition) is 1. The molecule has 0 saturated carbocycles. The van der Waals surface area contributed by atoms with Gasteiger partial charge < -0.3 is 15.0 Å². The first-order valence-corrected chi connectivity index (χ1v) is 14.9. The number of aromatic nitrogens is 1. The second kappa shape index (κ2) is 15.3. The predicted molar refractivity (Wildman–Crippen MR) is 158 cm³/mol. The van der Waals surface area contributed by atoms with Gasteiger partial charge in [0.2, 0.25) is 11.8 Å². The van der Waals surface area contributed by atoms with Gasteiger partial charge in [-0.05, 0) is 52.4 Å². The van der Waals surface area contributed by atoms with Crippen molar-refractivity contribution in [1.82, 2.24) is 20.1 Å². The summed E-state index contributed by atoms with van der Waals surface area (Å²) in [5.41, 5.74) is 2.66. The molecule has 2 rings (SSSR count). The van der Waals surface area contributed by atoms with Crippen molar-refractivity contribution >= 4 is 29.1 Å². The Balaban J connectivity index is 2.31. The number of methoxy groups -OCH3 is 1. The maximum atomic E-state index is 13.9. The molecule has 0 unspecified atom stereocenters. The van der Waals surface area contributed by atoms with E-state index in [1.54, 1.807) is 5.38 Å². The van der Waals surface area contributed by atoms with Gasteiger partial charge >= 0.3 is 5.97 Å². The Kier molecular flexibility index (Phi) is 12.8. The third-order valence-electron chi connectivity index (χ3n) is 7.28. The van der Waals surface area contributed by atoms with E-state index in [0.29, 0.717) is 19.6 Å². The van der Waals surface area contributed by atoms with Crippen LogP contribution in [0.3, 0.4) is 0 Å². The molecule has 0 spiro atoms. The molecule has 1 aliphatic heterocycles. The Labute approximate surface area is 238 Å². The lowest BCUT2D eigenvalue weighted by atomic mass is 9.94. The van der Waals surface area contributed by atoms with E-state index in [0.717, 1.165) is 24.3 Å². The molecule has 2 heterocycles. The van der Waals surface area contributed by atoms with Crippen LogP contribution in [-0.4, -0.2) is 71.4 Å². The van der Waals surface area contributed by atoms with Crippen molar-refractivity contribution in [3.8, 4) is 0 Å². The van der Waals surface area contributed by atoms with E-state index in [9.17, 15) is 14.4 Å². The molecule has 0 radical (unpaired) electrons. The third-order valence-corrected chi connectivity index (χ3v) is 8.23. The summed E-state index contributed by atoms with van der Waals surface area (Å²) >= 11 is 1.37. The van der Waals surface area contributed by atoms with Gasteiger partial charge in [-0.2, -0.15) is 0 Å². The molecule has 1 N–H and O–H groups in total. The number of carbonyl (C=O) groups excluding carboxylic acids is 3. The van der Waals surface area contributed by atoms with E-state index in [1.165, 1.54) is 29.6 Å². The van der Waals surface area contributed by atoms with Crippen molar-refractivity contribution < 1.29 is 19.1 Å². The van der Waals surface area contributed by atoms with Crippen LogP contribution in [-0.2, 0) is 14.3 Å². The second-order valence-corrected chi connectivity index (χ2v) is 12.2. The molecular weight excluding hydrogens is 512 g/mol. The Morgan fingerprint density at radius 2 is 1.77 bits per heavy atom. The minimum atomic E-state index is -0.654. The first-order chi connectivity index (χ1) is 18.4. The van der Waals surface area contributed by atoms with Crippen LogP contribution in [0.15, 0.2) is 28.7 Å². The molecule has 1 fully saturated rings. The van der Waals surface area contributed by atoms with Crippen LogP contribution in [0.4, 0.5) is 0 Å². The van der Waals surface area contributed by atoms with E-state index in [-0.39, 0.29) is 41.4 Å². The smallest absolute Gasteiger partial charge is 0.357 e. The average Bonchev–Trinajstić information content (AvgIpc) is 3.57. The Morgan fingerprint density at radius 1 is 1.15 bits per heavy atom. The van der Waals surface area contributed by atoms with Gasteiger partial charge in [-0.15, -0.1) is 11.3 Å². The summed E-state index contributed by atoms with van der Waals surface area (Å²) in [7, 11) is 1.33. The standard InChI is InChI=1S/C30H48N4O4S/c1-10-22(8)26(33(16-13-19(2)3)17-14-20(4)5)27(35)32-25(21(6)7)29(36)34-15-11-12-24(34)28-31-23(18-39-28)30(37)38-9/h13-14,18,21-22,24-26H,10-12,15-17H2,1-9H3,(H,32,35)/t22-,24-,25-,26-/m0/s1. The van der Waals surface area contributed by atoms with Gasteiger partial charge in [0.05, 0.1) is 19.2 Å². The van der Waals surface area contributed by atoms with Crippen molar-refractivity contribution in [2.24, 2.45) is 11.8 Å². The minimum Gasteiger partial charge on any atom is -0.464 e. The Bertz CT molecular complexity index is 1020. The molecule has 9 heteroatoms. The van der Waals surface area contributed by atoms with E-state index < -0.39 is 12.0 Å². The number of nitrogens with one attached hydrogen (secondary N) is 1. The summed E-state index contributed by atoms with van der Waals surface area (Å²) in [6, 6.07) is -1.24. The van der Waals surface area contributed by atoms with E-state index in [4.69, 9.17) is 4.74 Å². The molecule has 1 saturated heterocycles. The number of nitrogens with zero attached hydrogens (tertiary/aromatic N) is 3. The maximum Gasteiger partial charge on any atom is 0.357 e. The van der Waals surface area contributed by atoms with Gasteiger partial charge in [-0.1, -0.05) is 57.4 Å². The number of hydrogen-bond acceptors (Lipinski definition) is 7. The van der Waals surface area contributed by atoms with Crippen molar-refractivity contribution in [3.63, 3.8) is 0 Å². The van der Waals surface area contributed by atoms with Crippen LogP contribution in [0.1, 0.15) is 96.2 Å². The average molecular weight is 561 g/mol. The molecule has 0 aliphatic carbocycles. The zero-order valence-electron chi connectivity index (χ0n) is 25.2. The molecule has 218 valence electrons. The van der Waals surface area contributed by atoms with Gasteiger partial charge in [0, 0.05) is 25.0 Å². The lowest BCUT2D eigenvalue weighted by molar-refractivity contribution is -0.140. The summed E-state index contributed by atoms with van der Waals surface area (Å²) in [5, 5.41) is 5.56. The number of ether oxygens (including phenoxy) is 1. The zero-order chi connectivity index (χ0) is 29.3. The van der Waals surface area contributed by atoms with Crippen molar-refractivity contribution in [2.75, 3.05) is 26.7 Å². The molecule has 8 nitrogen and oxygen atoms in total. The highest BCUT2D eigenvalue weighted by Crippen LogP contribution is 2.35. The quantitative estimate of drug-likeness (QED) is 0.257. The van der Waals surface area contributed by atoms with Crippen molar-refractivity contribution in [3.05, 3.63) is 39.4 Å². The van der Waals surface area contributed by atoms with Crippen LogP contribution in [0.25, 0.3) is 0 Å². The molecule has 1 aromatic rings. The molecule has 0 aromatic carbocycles. The number of thiazole rings is 1. The predicted octanol–water partition coefficient (Wildman–Crippen LogP) is 5.38. The van der Waals surface area contributed by atoms with Crippen LogP contribution >= 0.6 is 11.3 Å². The molecule has 4 atom stereocenters. The van der Waals surface area contributed by atoms with Crippen LogP contribution in [0.2, 0.25) is 0 Å². The summed E-state index contributed by atoms with van der Waals surface area (Å²) in [4.78, 5) is 48.3. The highest BCUT2D eigenvalue weighted by molar-refractivity contribution is 7.09. The SMILES string of the molecule is CC[C@H](C)[C@@H](C(=O)N[C@H](C(=O)N1CCC[C@H]1c1nc(C(=O)OC)cs1)C(C)C)N(CC=C(C)C)CC=C(C)C. The van der Waals surface area contributed by atoms with E-state index in [1.807, 2.05) is 18.7 Å². The third kappa shape index (κ3) is 9.00. The first kappa shape index (κ1) is 32.7.